The molecule has 0 radical (unpaired) electrons. The number of nitrogens with zero attached hydrogens (tertiary/aromatic N) is 2. The molecule has 2 aromatic heterocycles. The van der Waals surface area contributed by atoms with Crippen molar-refractivity contribution in [3.8, 4) is 5.75 Å². The van der Waals surface area contributed by atoms with Crippen molar-refractivity contribution in [3.63, 3.8) is 0 Å². The van der Waals surface area contributed by atoms with E-state index in [1.165, 1.54) is 35.1 Å². The van der Waals surface area contributed by atoms with Gasteiger partial charge in [0.25, 0.3) is 11.5 Å². The summed E-state index contributed by atoms with van der Waals surface area (Å²) in [5, 5.41) is 3.40. The zero-order chi connectivity index (χ0) is 19.0. The number of benzene rings is 1. The van der Waals surface area contributed by atoms with Crippen LogP contribution in [0.4, 0.5) is 5.69 Å². The second kappa shape index (κ2) is 7.15. The van der Waals surface area contributed by atoms with Gasteiger partial charge in [0.05, 0.1) is 22.7 Å². The minimum atomic E-state index is -0.234. The van der Waals surface area contributed by atoms with Gasteiger partial charge < -0.3 is 14.6 Å². The van der Waals surface area contributed by atoms with Gasteiger partial charge in [-0.25, -0.2) is 4.98 Å². The molecule has 1 amide bonds. The fourth-order valence-electron chi connectivity index (χ4n) is 3.43. The lowest BCUT2D eigenvalue weighted by molar-refractivity contribution is 0.103. The number of carbonyl (C=O) groups excluding carboxylic acids is 1. The summed E-state index contributed by atoms with van der Waals surface area (Å²) in [5.74, 6) is 0.590. The molecule has 0 unspecified atom stereocenters. The maximum Gasteiger partial charge on any atom is 0.266 e. The molecule has 2 heterocycles. The third kappa shape index (κ3) is 3.47. The molecule has 27 heavy (non-hydrogen) atoms. The molecule has 0 bridgehead atoms. The van der Waals surface area contributed by atoms with Crippen LogP contribution < -0.4 is 15.6 Å². The smallest absolute Gasteiger partial charge is 0.266 e. The van der Waals surface area contributed by atoms with Gasteiger partial charge in [-0.05, 0) is 62.4 Å². The van der Waals surface area contributed by atoms with E-state index in [0.717, 1.165) is 18.6 Å². The highest BCUT2D eigenvalue weighted by molar-refractivity contribution is 7.20. The molecule has 0 aliphatic heterocycles. The highest BCUT2D eigenvalue weighted by Crippen LogP contribution is 2.28. The number of aryl methyl sites for hydroxylation is 2. The van der Waals surface area contributed by atoms with Gasteiger partial charge in [0.15, 0.2) is 0 Å². The summed E-state index contributed by atoms with van der Waals surface area (Å²) in [4.78, 5) is 30.4. The number of fused-ring (bicyclic) bond motifs is 1. The highest BCUT2D eigenvalue weighted by Gasteiger charge is 2.19. The second-order valence-corrected chi connectivity index (χ2v) is 7.90. The van der Waals surface area contributed by atoms with E-state index in [9.17, 15) is 9.59 Å². The molecule has 1 N–H and O–H groups in total. The number of rotatable bonds is 4. The molecule has 6 nitrogen and oxygen atoms in total. The van der Waals surface area contributed by atoms with Crippen molar-refractivity contribution in [1.29, 1.82) is 0 Å². The van der Waals surface area contributed by atoms with Crippen LogP contribution in [0.3, 0.4) is 0 Å². The summed E-state index contributed by atoms with van der Waals surface area (Å²) in [5.41, 5.74) is 1.22. The summed E-state index contributed by atoms with van der Waals surface area (Å²) >= 11 is 1.24. The maximum absolute atomic E-state index is 12.7. The molecule has 1 saturated carbocycles. The van der Waals surface area contributed by atoms with Crippen molar-refractivity contribution in [2.75, 3.05) is 5.32 Å². The van der Waals surface area contributed by atoms with Crippen LogP contribution in [0, 0.1) is 6.92 Å². The molecule has 3 aromatic rings. The third-order valence-electron chi connectivity index (χ3n) is 4.93. The van der Waals surface area contributed by atoms with Gasteiger partial charge in [0.2, 0.25) is 0 Å². The fourth-order valence-corrected chi connectivity index (χ4v) is 4.46. The summed E-state index contributed by atoms with van der Waals surface area (Å²) in [6.45, 7) is 1.79. The average Bonchev–Trinajstić information content (AvgIpc) is 3.28. The Morgan fingerprint density at radius 3 is 2.67 bits per heavy atom. The molecule has 0 saturated heterocycles. The molecule has 0 atom stereocenters. The summed E-state index contributed by atoms with van der Waals surface area (Å²) in [6.07, 6.45) is 6.46. The first-order valence-electron chi connectivity index (χ1n) is 9.06. The molecule has 1 aliphatic carbocycles. The maximum atomic E-state index is 12.7. The van der Waals surface area contributed by atoms with Gasteiger partial charge in [-0.15, -0.1) is 11.3 Å². The lowest BCUT2D eigenvalue weighted by Crippen LogP contribution is -2.17. The van der Waals surface area contributed by atoms with Gasteiger partial charge in [0, 0.05) is 12.7 Å². The Morgan fingerprint density at radius 1 is 1.26 bits per heavy atom. The predicted octanol–water partition coefficient (Wildman–Crippen LogP) is 3.88. The van der Waals surface area contributed by atoms with E-state index in [0.29, 0.717) is 32.4 Å². The van der Waals surface area contributed by atoms with Crippen LogP contribution in [-0.4, -0.2) is 21.6 Å². The molecular formula is C20H21N3O3S. The molecule has 1 fully saturated rings. The lowest BCUT2D eigenvalue weighted by Gasteiger charge is -2.13. The second-order valence-electron chi connectivity index (χ2n) is 6.90. The number of ether oxygens (including phenoxy) is 1. The van der Waals surface area contributed by atoms with Crippen LogP contribution in [0.1, 0.15) is 40.9 Å². The van der Waals surface area contributed by atoms with E-state index in [4.69, 9.17) is 4.74 Å². The zero-order valence-electron chi connectivity index (χ0n) is 15.3. The standard InChI is InChI=1S/C20H21N3O3S/c1-12-16-19(21-11-23(2)20(16)25)27-17(12)18(24)22-13-7-9-15(10-8-13)26-14-5-3-4-6-14/h7-11,14H,3-6H2,1-2H3,(H,22,24). The van der Waals surface area contributed by atoms with Gasteiger partial charge in [-0.1, -0.05) is 0 Å². The summed E-state index contributed by atoms with van der Waals surface area (Å²) in [6, 6.07) is 7.43. The monoisotopic (exact) mass is 383 g/mol. The van der Waals surface area contributed by atoms with E-state index >= 15 is 0 Å². The minimum absolute atomic E-state index is 0.138. The van der Waals surface area contributed by atoms with E-state index in [-0.39, 0.29) is 11.5 Å². The van der Waals surface area contributed by atoms with E-state index < -0.39 is 0 Å². The Morgan fingerprint density at radius 2 is 1.96 bits per heavy atom. The Labute approximate surface area is 160 Å². The number of anilines is 1. The topological polar surface area (TPSA) is 73.2 Å². The Bertz CT molecular complexity index is 1050. The molecule has 0 spiro atoms. The van der Waals surface area contributed by atoms with Gasteiger partial charge in [-0.2, -0.15) is 0 Å². The van der Waals surface area contributed by atoms with Crippen molar-refractivity contribution >= 4 is 33.1 Å². The minimum Gasteiger partial charge on any atom is -0.490 e. The van der Waals surface area contributed by atoms with Gasteiger partial charge in [0.1, 0.15) is 10.6 Å². The lowest BCUT2D eigenvalue weighted by atomic mass is 10.2. The number of nitrogens with one attached hydrogen (secondary N) is 1. The highest BCUT2D eigenvalue weighted by atomic mass is 32.1. The molecule has 1 aromatic carbocycles. The van der Waals surface area contributed by atoms with Gasteiger partial charge >= 0.3 is 0 Å². The fraction of sp³-hybridized carbons (Fsp3) is 0.350. The first-order chi connectivity index (χ1) is 13.0. The predicted molar refractivity (Wildman–Crippen MR) is 107 cm³/mol. The number of hydrogen-bond donors (Lipinski definition) is 1. The van der Waals surface area contributed by atoms with Crippen LogP contribution in [0.25, 0.3) is 10.2 Å². The number of amides is 1. The molecule has 1 aliphatic rings. The van der Waals surface area contributed by atoms with Gasteiger partial charge in [-0.3, -0.25) is 9.59 Å². The Balaban J connectivity index is 1.52. The van der Waals surface area contributed by atoms with Crippen molar-refractivity contribution in [2.24, 2.45) is 7.05 Å². The normalized spacial score (nSPS) is 14.6. The molecule has 4 rings (SSSR count). The van der Waals surface area contributed by atoms with Crippen molar-refractivity contribution in [1.82, 2.24) is 9.55 Å². The van der Waals surface area contributed by atoms with Crippen molar-refractivity contribution < 1.29 is 9.53 Å². The summed E-state index contributed by atoms with van der Waals surface area (Å²) < 4.78 is 7.37. The largest absolute Gasteiger partial charge is 0.490 e. The van der Waals surface area contributed by atoms with E-state index in [1.54, 1.807) is 14.0 Å². The Hall–Kier alpha value is -2.67. The van der Waals surface area contributed by atoms with E-state index in [1.807, 2.05) is 24.3 Å². The molecule has 7 heteroatoms. The van der Waals surface area contributed by atoms with Crippen LogP contribution in [0.5, 0.6) is 5.75 Å². The van der Waals surface area contributed by atoms with Crippen LogP contribution >= 0.6 is 11.3 Å². The number of carbonyl (C=O) groups is 1. The average molecular weight is 383 g/mol. The van der Waals surface area contributed by atoms with Crippen molar-refractivity contribution in [2.45, 2.75) is 38.7 Å². The van der Waals surface area contributed by atoms with Crippen LogP contribution in [-0.2, 0) is 7.05 Å². The summed E-state index contributed by atoms with van der Waals surface area (Å²) in [7, 11) is 1.65. The third-order valence-corrected chi connectivity index (χ3v) is 6.13. The number of hydrogen-bond acceptors (Lipinski definition) is 5. The zero-order valence-corrected chi connectivity index (χ0v) is 16.1. The SMILES string of the molecule is Cc1c(C(=O)Nc2ccc(OC3CCCC3)cc2)sc2ncn(C)c(=O)c12. The number of aromatic nitrogens is 2. The van der Waals surface area contributed by atoms with E-state index in [2.05, 4.69) is 10.3 Å². The van der Waals surface area contributed by atoms with Crippen molar-refractivity contribution in [3.05, 3.63) is 51.4 Å². The van der Waals surface area contributed by atoms with Crippen LogP contribution in [0.2, 0.25) is 0 Å². The first kappa shape index (κ1) is 17.7. The Kier molecular flexibility index (Phi) is 4.70. The molecule has 140 valence electrons. The van der Waals surface area contributed by atoms with Crippen LogP contribution in [0.15, 0.2) is 35.4 Å². The first-order valence-corrected chi connectivity index (χ1v) is 9.87. The number of thiophene rings is 1. The quantitative estimate of drug-likeness (QED) is 0.742. The molecular weight excluding hydrogens is 362 g/mol.